The lowest BCUT2D eigenvalue weighted by Crippen LogP contribution is -3.08. The number of aromatic hydroxyl groups is 1. The Hall–Kier alpha value is -3.50. The highest BCUT2D eigenvalue weighted by Gasteiger charge is 2.23. The van der Waals surface area contributed by atoms with Crippen molar-refractivity contribution in [2.24, 2.45) is 0 Å². The second kappa shape index (κ2) is 13.2. The van der Waals surface area contributed by atoms with Crippen molar-refractivity contribution in [3.63, 3.8) is 0 Å². The zero-order valence-electron chi connectivity index (χ0n) is 23.3. The first-order valence-electron chi connectivity index (χ1n) is 13.8. The van der Waals surface area contributed by atoms with Gasteiger partial charge in [-0.15, -0.1) is 0 Å². The molecule has 40 heavy (non-hydrogen) atoms. The van der Waals surface area contributed by atoms with Crippen LogP contribution in [0.4, 0.5) is 0 Å². The van der Waals surface area contributed by atoms with Crippen LogP contribution in [-0.2, 0) is 26.3 Å². The average Bonchev–Trinajstić information content (AvgIpc) is 2.95. The van der Waals surface area contributed by atoms with Crippen LogP contribution < -0.4 is 5.06 Å². The molecule has 2 aromatic carbocycles. The summed E-state index contributed by atoms with van der Waals surface area (Å²) < 4.78 is 5.32. The van der Waals surface area contributed by atoms with E-state index in [1.165, 1.54) is 18.4 Å². The van der Waals surface area contributed by atoms with Gasteiger partial charge >= 0.3 is 5.91 Å². The molecule has 2 heterocycles. The van der Waals surface area contributed by atoms with Crippen molar-refractivity contribution in [2.75, 3.05) is 32.8 Å². The Labute approximate surface area is 235 Å². The number of phenols is 1. The molecule has 2 amide bonds. The molecule has 1 fully saturated rings. The molecule has 0 radical (unpaired) electrons. The van der Waals surface area contributed by atoms with Crippen molar-refractivity contribution in [1.82, 2.24) is 9.96 Å². The summed E-state index contributed by atoms with van der Waals surface area (Å²) in [5, 5.41) is 33.3. The molecule has 4 rings (SSSR count). The van der Waals surface area contributed by atoms with Gasteiger partial charge in [0.1, 0.15) is 12.3 Å². The summed E-state index contributed by atoms with van der Waals surface area (Å²) in [5.41, 5.74) is 3.19. The average molecular weight is 550 g/mol. The Morgan fingerprint density at radius 1 is 1.10 bits per heavy atom. The summed E-state index contributed by atoms with van der Waals surface area (Å²) in [6, 6.07) is 13.0. The van der Waals surface area contributed by atoms with Gasteiger partial charge in [-0.05, 0) is 53.7 Å². The minimum atomic E-state index is -0.588. The minimum Gasteiger partial charge on any atom is -0.626 e. The van der Waals surface area contributed by atoms with Crippen LogP contribution in [0.5, 0.6) is 5.75 Å². The molecular weight excluding hydrogens is 510 g/mol. The molecule has 1 atom stereocenters. The minimum absolute atomic E-state index is 0.0550. The summed E-state index contributed by atoms with van der Waals surface area (Å²) in [5.74, 6) is -0.245. The fourth-order valence-electron chi connectivity index (χ4n) is 5.09. The lowest BCUT2D eigenvalue weighted by molar-refractivity contribution is -0.777. The highest BCUT2D eigenvalue weighted by Crippen LogP contribution is 2.36. The van der Waals surface area contributed by atoms with Crippen LogP contribution in [0, 0.1) is 5.21 Å². The van der Waals surface area contributed by atoms with Crippen LogP contribution in [0.25, 0.3) is 11.1 Å². The van der Waals surface area contributed by atoms with E-state index in [1.807, 2.05) is 29.2 Å². The van der Waals surface area contributed by atoms with Gasteiger partial charge in [-0.2, -0.15) is 0 Å². The number of carbonyl (C=O) groups excluding carboxylic acids is 2. The number of hydrogen-bond donors (Lipinski definition) is 3. The van der Waals surface area contributed by atoms with Gasteiger partial charge in [0, 0.05) is 36.8 Å². The second-order valence-corrected chi connectivity index (χ2v) is 11.0. The van der Waals surface area contributed by atoms with E-state index in [2.05, 4.69) is 13.8 Å². The molecule has 1 saturated heterocycles. The second-order valence-electron chi connectivity index (χ2n) is 11.0. The summed E-state index contributed by atoms with van der Waals surface area (Å²) in [7, 11) is 0. The molecule has 0 aliphatic carbocycles. The summed E-state index contributed by atoms with van der Waals surface area (Å²) in [4.78, 5) is 26.8. The molecule has 0 bridgehead atoms. The third kappa shape index (κ3) is 7.57. The van der Waals surface area contributed by atoms with Crippen molar-refractivity contribution in [2.45, 2.75) is 51.5 Å². The van der Waals surface area contributed by atoms with Crippen molar-refractivity contribution >= 4 is 11.8 Å². The first-order chi connectivity index (χ1) is 19.1. The largest absolute Gasteiger partial charge is 0.626 e. The van der Waals surface area contributed by atoms with E-state index in [1.54, 1.807) is 18.2 Å². The molecule has 1 unspecified atom stereocenters. The first-order valence-corrected chi connectivity index (χ1v) is 13.8. The standard InChI is InChI=1S/C31H39N3O6/c1-31(2,13-4-3-8-29(36)32-16-18-40-19-17-32)26-9-10-27(28(35)21-26)25-7-5-6-23(20-25)22-34(39)30(37)24-11-14-33(38)15-12-24/h5-7,9-12,14,20-21,34-35,38H,3-4,8,13,15-19,22H2,1-2H3. The van der Waals surface area contributed by atoms with E-state index in [0.29, 0.717) is 43.9 Å². The fraction of sp³-hybridized carbons (Fsp3) is 0.419. The van der Waals surface area contributed by atoms with Crippen molar-refractivity contribution in [3.05, 3.63) is 82.7 Å². The number of ether oxygens (including phenoxy) is 1. The van der Waals surface area contributed by atoms with E-state index in [0.717, 1.165) is 35.5 Å². The molecule has 9 nitrogen and oxygen atoms in total. The molecule has 2 aliphatic rings. The summed E-state index contributed by atoms with van der Waals surface area (Å²) in [6.07, 6.45) is 7.45. The number of nitrogens with one attached hydrogen (secondary N) is 1. The van der Waals surface area contributed by atoms with E-state index in [9.17, 15) is 25.1 Å². The Morgan fingerprint density at radius 3 is 2.58 bits per heavy atom. The SMILES string of the molecule is CC(C)(CCCCC(=O)N1CCOCC1)c1ccc(-c2cccc(C[NH+]([O-])C(=O)C3=CCN(O)C=C3)c2)c(O)c1. The topological polar surface area (TPSA) is 118 Å². The number of rotatable bonds is 10. The van der Waals surface area contributed by atoms with Crippen molar-refractivity contribution in [3.8, 4) is 16.9 Å². The molecule has 0 aromatic heterocycles. The van der Waals surface area contributed by atoms with Crippen LogP contribution in [-0.4, -0.2) is 64.9 Å². The van der Waals surface area contributed by atoms with Crippen LogP contribution in [0.15, 0.2) is 66.4 Å². The molecule has 2 aromatic rings. The number of unbranched alkanes of at least 4 members (excludes halogenated alkanes) is 1. The van der Waals surface area contributed by atoms with Gasteiger partial charge in [0.15, 0.2) is 0 Å². The Balaban J connectivity index is 1.35. The van der Waals surface area contributed by atoms with Gasteiger partial charge in [0.25, 0.3) is 0 Å². The van der Waals surface area contributed by atoms with Crippen LogP contribution >= 0.6 is 0 Å². The van der Waals surface area contributed by atoms with E-state index in [-0.39, 0.29) is 35.7 Å². The number of phenolic OH excluding ortho intramolecular Hbond substituents is 1. The summed E-state index contributed by atoms with van der Waals surface area (Å²) in [6.45, 7) is 6.96. The highest BCUT2D eigenvalue weighted by atomic mass is 16.5. The number of nitrogens with zero attached hydrogens (tertiary/aromatic N) is 2. The number of amides is 2. The van der Waals surface area contributed by atoms with Crippen LogP contribution in [0.1, 0.15) is 50.7 Å². The van der Waals surface area contributed by atoms with Gasteiger partial charge < -0.3 is 25.0 Å². The van der Waals surface area contributed by atoms with Gasteiger partial charge in [-0.25, -0.2) is 4.79 Å². The van der Waals surface area contributed by atoms with Crippen LogP contribution in [0.3, 0.4) is 0 Å². The van der Waals surface area contributed by atoms with Gasteiger partial charge in [-0.1, -0.05) is 50.6 Å². The zero-order chi connectivity index (χ0) is 28.7. The third-order valence-electron chi connectivity index (χ3n) is 7.63. The highest BCUT2D eigenvalue weighted by molar-refractivity contribution is 5.89. The smallest absolute Gasteiger partial charge is 0.344 e. The molecule has 9 heteroatoms. The predicted octanol–water partition coefficient (Wildman–Crippen LogP) is 3.31. The Kier molecular flexibility index (Phi) is 9.76. The predicted molar refractivity (Wildman–Crippen MR) is 151 cm³/mol. The lowest BCUT2D eigenvalue weighted by atomic mass is 9.79. The molecule has 214 valence electrons. The summed E-state index contributed by atoms with van der Waals surface area (Å²) >= 11 is 0. The molecule has 0 spiro atoms. The number of morpholine rings is 1. The molecule has 2 aliphatic heterocycles. The van der Waals surface area contributed by atoms with E-state index < -0.39 is 11.0 Å². The number of carbonyl (C=O) groups is 2. The number of benzene rings is 2. The Bertz CT molecular complexity index is 1270. The third-order valence-corrected chi connectivity index (χ3v) is 7.63. The monoisotopic (exact) mass is 549 g/mol. The zero-order valence-corrected chi connectivity index (χ0v) is 23.3. The normalized spacial score (nSPS) is 16.6. The lowest BCUT2D eigenvalue weighted by Gasteiger charge is -2.28. The molecule has 3 N–H and O–H groups in total. The maximum Gasteiger partial charge on any atom is 0.344 e. The number of quaternary nitrogens is 1. The van der Waals surface area contributed by atoms with Gasteiger partial charge in [-0.3, -0.25) is 15.1 Å². The quantitative estimate of drug-likeness (QED) is 0.307. The molecular formula is C31H39N3O6. The van der Waals surface area contributed by atoms with Crippen molar-refractivity contribution in [1.29, 1.82) is 0 Å². The van der Waals surface area contributed by atoms with Gasteiger partial charge in [0.2, 0.25) is 5.91 Å². The Morgan fingerprint density at radius 2 is 1.88 bits per heavy atom. The van der Waals surface area contributed by atoms with E-state index in [4.69, 9.17) is 4.74 Å². The maximum absolute atomic E-state index is 12.6. The first kappa shape index (κ1) is 29.5. The number of hydrogen-bond acceptors (Lipinski definition) is 7. The number of hydroxylamine groups is 4. The molecule has 0 saturated carbocycles. The van der Waals surface area contributed by atoms with Crippen LogP contribution in [0.2, 0.25) is 0 Å². The van der Waals surface area contributed by atoms with Gasteiger partial charge in [0.05, 0.1) is 25.3 Å². The van der Waals surface area contributed by atoms with E-state index >= 15 is 0 Å². The fourth-order valence-corrected chi connectivity index (χ4v) is 5.09. The maximum atomic E-state index is 12.6. The van der Waals surface area contributed by atoms with Crippen molar-refractivity contribution < 1.29 is 29.7 Å².